The van der Waals surface area contributed by atoms with Crippen LogP contribution < -0.4 is 10.6 Å². The molecule has 2 atom stereocenters. The number of carbonyl (C=O) groups excluding carboxylic acids is 1. The molecule has 0 aliphatic heterocycles. The molecule has 0 saturated carbocycles. The Morgan fingerprint density at radius 1 is 1.03 bits per heavy atom. The maximum atomic E-state index is 13.9. The van der Waals surface area contributed by atoms with Crippen molar-refractivity contribution < 1.29 is 9.18 Å². The molecule has 1 aromatic heterocycles. The van der Waals surface area contributed by atoms with Crippen LogP contribution in [0.15, 0.2) is 66.9 Å². The third-order valence-electron chi connectivity index (χ3n) is 5.29. The second-order valence-corrected chi connectivity index (χ2v) is 7.53. The molecule has 2 aromatic carbocycles. The number of aryl methyl sites for hydroxylation is 3. The number of aromatic nitrogens is 1. The second-order valence-electron chi connectivity index (χ2n) is 7.53. The zero-order chi connectivity index (χ0) is 21.5. The van der Waals surface area contributed by atoms with Gasteiger partial charge < -0.3 is 5.32 Å². The number of hydrogen-bond donors (Lipinski definition) is 2. The van der Waals surface area contributed by atoms with Crippen molar-refractivity contribution in [2.45, 2.75) is 38.8 Å². The zero-order valence-electron chi connectivity index (χ0n) is 17.7. The Morgan fingerprint density at radius 2 is 1.80 bits per heavy atom. The van der Waals surface area contributed by atoms with Crippen molar-refractivity contribution in [2.75, 3.05) is 7.05 Å². The highest BCUT2D eigenvalue weighted by Crippen LogP contribution is 2.26. The number of carbonyl (C=O) groups is 1. The molecule has 1 amide bonds. The maximum absolute atomic E-state index is 13.9. The second kappa shape index (κ2) is 10.1. The molecule has 0 aliphatic rings. The van der Waals surface area contributed by atoms with Gasteiger partial charge in [-0.25, -0.2) is 4.39 Å². The average Bonchev–Trinajstić information content (AvgIpc) is 2.77. The molecule has 2 N–H and O–H groups in total. The molecule has 5 heteroatoms. The molecule has 3 aromatic rings. The fourth-order valence-electron chi connectivity index (χ4n) is 3.50. The highest BCUT2D eigenvalue weighted by molar-refractivity contribution is 5.83. The molecular formula is C25H28FN3O. The first kappa shape index (κ1) is 21.7. The number of hydrogen-bond acceptors (Lipinski definition) is 3. The first-order valence-electron chi connectivity index (χ1n) is 10.2. The van der Waals surface area contributed by atoms with Gasteiger partial charge in [0.1, 0.15) is 11.9 Å². The summed E-state index contributed by atoms with van der Waals surface area (Å²) < 4.78 is 13.9. The van der Waals surface area contributed by atoms with Crippen molar-refractivity contribution in [3.8, 4) is 0 Å². The van der Waals surface area contributed by atoms with Crippen LogP contribution in [-0.4, -0.2) is 17.9 Å². The number of nitrogens with one attached hydrogen (secondary N) is 2. The Hall–Kier alpha value is -3.05. The van der Waals surface area contributed by atoms with Gasteiger partial charge in [-0.2, -0.15) is 0 Å². The lowest BCUT2D eigenvalue weighted by molar-refractivity contribution is -0.123. The molecule has 4 nitrogen and oxygen atoms in total. The molecular weight excluding hydrogens is 377 g/mol. The lowest BCUT2D eigenvalue weighted by Crippen LogP contribution is -2.38. The van der Waals surface area contributed by atoms with Crippen LogP contribution >= 0.6 is 0 Å². The fourth-order valence-corrected chi connectivity index (χ4v) is 3.50. The minimum Gasteiger partial charge on any atom is -0.358 e. The van der Waals surface area contributed by atoms with Crippen LogP contribution in [0.5, 0.6) is 0 Å². The van der Waals surface area contributed by atoms with E-state index in [1.165, 1.54) is 6.07 Å². The standard InChI is InChI=1S/C25H28FN3O/c1-17-15-21(12-13-22(17)26)23(14-11-19-10-9-18(2)28-16-19)29-24(25(30)27-3)20-7-5-4-6-8-20/h4-10,12-13,15-16,23-24,29H,11,14H2,1-3H3,(H,27,30)/t23-,24?/m0/s1. The minimum absolute atomic E-state index is 0.109. The van der Waals surface area contributed by atoms with E-state index >= 15 is 0 Å². The van der Waals surface area contributed by atoms with E-state index in [0.29, 0.717) is 5.56 Å². The monoisotopic (exact) mass is 405 g/mol. The molecule has 1 heterocycles. The SMILES string of the molecule is CNC(=O)C(N[C@@H](CCc1ccc(C)nc1)c1ccc(F)c(C)c1)c1ccccc1. The van der Waals surface area contributed by atoms with Crippen LogP contribution in [0.4, 0.5) is 4.39 Å². The predicted octanol–water partition coefficient (Wildman–Crippen LogP) is 4.59. The van der Waals surface area contributed by atoms with E-state index in [1.807, 2.05) is 55.6 Å². The molecule has 0 saturated heterocycles. The number of rotatable bonds is 8. The van der Waals surface area contributed by atoms with Gasteiger partial charge in [0.05, 0.1) is 0 Å². The predicted molar refractivity (Wildman–Crippen MR) is 118 cm³/mol. The van der Waals surface area contributed by atoms with Crippen molar-refractivity contribution in [1.29, 1.82) is 0 Å². The molecule has 156 valence electrons. The average molecular weight is 406 g/mol. The fraction of sp³-hybridized carbons (Fsp3) is 0.280. The van der Waals surface area contributed by atoms with E-state index in [9.17, 15) is 9.18 Å². The van der Waals surface area contributed by atoms with Gasteiger partial charge in [0.2, 0.25) is 5.91 Å². The number of likely N-dealkylation sites (N-methyl/N-ethyl adjacent to an activating group) is 1. The molecule has 3 rings (SSSR count). The Balaban J connectivity index is 1.89. The third kappa shape index (κ3) is 5.51. The molecule has 0 aliphatic carbocycles. The van der Waals surface area contributed by atoms with Gasteiger partial charge >= 0.3 is 0 Å². The summed E-state index contributed by atoms with van der Waals surface area (Å²) in [7, 11) is 1.63. The molecule has 0 bridgehead atoms. The summed E-state index contributed by atoms with van der Waals surface area (Å²) in [6.45, 7) is 3.72. The molecule has 0 radical (unpaired) electrons. The van der Waals surface area contributed by atoms with E-state index in [0.717, 1.165) is 35.2 Å². The largest absolute Gasteiger partial charge is 0.358 e. The Labute approximate surface area is 177 Å². The molecule has 1 unspecified atom stereocenters. The number of amides is 1. The van der Waals surface area contributed by atoms with Gasteiger partial charge in [-0.15, -0.1) is 0 Å². The van der Waals surface area contributed by atoms with Crippen LogP contribution in [0.2, 0.25) is 0 Å². The number of nitrogens with zero attached hydrogens (tertiary/aromatic N) is 1. The van der Waals surface area contributed by atoms with Gasteiger partial charge in [-0.3, -0.25) is 15.1 Å². The van der Waals surface area contributed by atoms with Crippen molar-refractivity contribution in [2.24, 2.45) is 0 Å². The van der Waals surface area contributed by atoms with Gasteiger partial charge in [0, 0.05) is 25.0 Å². The number of pyridine rings is 1. The molecule has 0 fully saturated rings. The van der Waals surface area contributed by atoms with E-state index in [-0.39, 0.29) is 17.8 Å². The summed E-state index contributed by atoms with van der Waals surface area (Å²) in [5, 5.41) is 6.26. The first-order chi connectivity index (χ1) is 14.5. The van der Waals surface area contributed by atoms with Crippen molar-refractivity contribution in [3.63, 3.8) is 0 Å². The smallest absolute Gasteiger partial charge is 0.241 e. The van der Waals surface area contributed by atoms with E-state index in [2.05, 4.69) is 21.7 Å². The first-order valence-corrected chi connectivity index (χ1v) is 10.2. The lowest BCUT2D eigenvalue weighted by Gasteiger charge is -2.26. The summed E-state index contributed by atoms with van der Waals surface area (Å²) >= 11 is 0. The highest BCUT2D eigenvalue weighted by Gasteiger charge is 2.24. The molecule has 0 spiro atoms. The summed E-state index contributed by atoms with van der Waals surface area (Å²) in [5.41, 5.74) is 4.54. The quantitative estimate of drug-likeness (QED) is 0.576. The van der Waals surface area contributed by atoms with Crippen LogP contribution in [-0.2, 0) is 11.2 Å². The zero-order valence-corrected chi connectivity index (χ0v) is 17.7. The van der Waals surface area contributed by atoms with Crippen LogP contribution in [0.1, 0.15) is 46.5 Å². The van der Waals surface area contributed by atoms with Gasteiger partial charge in [-0.1, -0.05) is 48.5 Å². The summed E-state index contributed by atoms with van der Waals surface area (Å²) in [6, 6.07) is 18.2. The van der Waals surface area contributed by atoms with Crippen molar-refractivity contribution >= 4 is 5.91 Å². The number of benzene rings is 2. The Morgan fingerprint density at radius 3 is 2.43 bits per heavy atom. The van der Waals surface area contributed by atoms with Gasteiger partial charge in [0.15, 0.2) is 0 Å². The summed E-state index contributed by atoms with van der Waals surface area (Å²) in [5.74, 6) is -0.340. The minimum atomic E-state index is -0.511. The normalized spacial score (nSPS) is 12.9. The molecule has 30 heavy (non-hydrogen) atoms. The van der Waals surface area contributed by atoms with Gasteiger partial charge in [-0.05, 0) is 61.1 Å². The summed E-state index contributed by atoms with van der Waals surface area (Å²) in [4.78, 5) is 17.0. The van der Waals surface area contributed by atoms with Crippen LogP contribution in [0.25, 0.3) is 0 Å². The van der Waals surface area contributed by atoms with Crippen LogP contribution in [0.3, 0.4) is 0 Å². The Kier molecular flexibility index (Phi) is 7.31. The third-order valence-corrected chi connectivity index (χ3v) is 5.29. The number of halogens is 1. The van der Waals surface area contributed by atoms with Crippen molar-refractivity contribution in [1.82, 2.24) is 15.6 Å². The van der Waals surface area contributed by atoms with E-state index < -0.39 is 6.04 Å². The summed E-state index contributed by atoms with van der Waals surface area (Å²) in [6.07, 6.45) is 3.42. The highest BCUT2D eigenvalue weighted by atomic mass is 19.1. The van der Waals surface area contributed by atoms with Crippen molar-refractivity contribution in [3.05, 3.63) is 101 Å². The van der Waals surface area contributed by atoms with Crippen LogP contribution in [0, 0.1) is 19.7 Å². The lowest BCUT2D eigenvalue weighted by atomic mass is 9.95. The van der Waals surface area contributed by atoms with Gasteiger partial charge in [0.25, 0.3) is 0 Å². The topological polar surface area (TPSA) is 54.0 Å². The maximum Gasteiger partial charge on any atom is 0.241 e. The van der Waals surface area contributed by atoms with E-state index in [1.54, 1.807) is 20.0 Å². The van der Waals surface area contributed by atoms with E-state index in [4.69, 9.17) is 0 Å². The Bertz CT molecular complexity index is 973.